The molecule has 2 N–H and O–H groups in total. The van der Waals surface area contributed by atoms with Crippen LogP contribution in [0.15, 0.2) is 48.5 Å². The Balaban J connectivity index is 1.91. The lowest BCUT2D eigenvalue weighted by Gasteiger charge is -2.35. The van der Waals surface area contributed by atoms with E-state index in [0.29, 0.717) is 5.92 Å². The van der Waals surface area contributed by atoms with Crippen LogP contribution in [0, 0.1) is 0 Å². The molecule has 3 rings (SSSR count). The zero-order valence-electron chi connectivity index (χ0n) is 10.5. The van der Waals surface area contributed by atoms with Gasteiger partial charge in [0, 0.05) is 17.5 Å². The van der Waals surface area contributed by atoms with Crippen LogP contribution < -0.4 is 10.5 Å². The second-order valence-corrected chi connectivity index (χ2v) is 4.78. The number of hydrogen-bond donors (Lipinski definition) is 1. The summed E-state index contributed by atoms with van der Waals surface area (Å²) in [5.41, 5.74) is 10.3. The predicted octanol–water partition coefficient (Wildman–Crippen LogP) is 3.03. The lowest BCUT2D eigenvalue weighted by atomic mass is 9.72. The van der Waals surface area contributed by atoms with Crippen molar-refractivity contribution in [2.24, 2.45) is 5.73 Å². The zero-order chi connectivity index (χ0) is 12.5. The second kappa shape index (κ2) is 4.46. The van der Waals surface area contributed by atoms with Crippen LogP contribution in [0.4, 0.5) is 0 Å². The van der Waals surface area contributed by atoms with Crippen LogP contribution in [0.2, 0.25) is 0 Å². The van der Waals surface area contributed by atoms with Crippen LogP contribution in [0.5, 0.6) is 5.75 Å². The number of rotatable bonds is 3. The molecular weight excluding hydrogens is 222 g/mol. The molecule has 0 heterocycles. The van der Waals surface area contributed by atoms with E-state index in [1.54, 1.807) is 7.11 Å². The second-order valence-electron chi connectivity index (χ2n) is 4.78. The monoisotopic (exact) mass is 239 g/mol. The summed E-state index contributed by atoms with van der Waals surface area (Å²) in [6.07, 6.45) is 1.06. The molecule has 2 atom stereocenters. The molecule has 0 aromatic heterocycles. The lowest BCUT2D eigenvalue weighted by Crippen LogP contribution is -2.29. The van der Waals surface area contributed by atoms with E-state index in [1.165, 1.54) is 11.1 Å². The number of nitrogens with two attached hydrogens (primary N) is 1. The Bertz CT molecular complexity index is 565. The average Bonchev–Trinajstić information content (AvgIpc) is 2.40. The molecular formula is C16H17NO. The first kappa shape index (κ1) is 11.3. The molecule has 0 bridgehead atoms. The van der Waals surface area contributed by atoms with Crippen molar-refractivity contribution < 1.29 is 4.74 Å². The molecule has 0 spiro atoms. The van der Waals surface area contributed by atoms with Gasteiger partial charge in [-0.25, -0.2) is 0 Å². The summed E-state index contributed by atoms with van der Waals surface area (Å²) >= 11 is 0. The minimum atomic E-state index is 0.0102. The highest BCUT2D eigenvalue weighted by atomic mass is 16.5. The molecule has 1 aliphatic rings. The van der Waals surface area contributed by atoms with Crippen LogP contribution in [-0.4, -0.2) is 7.11 Å². The Labute approximate surface area is 107 Å². The van der Waals surface area contributed by atoms with Crippen LogP contribution >= 0.6 is 0 Å². The first-order valence-corrected chi connectivity index (χ1v) is 6.27. The molecule has 2 heteroatoms. The SMILES string of the molecule is COc1ccccc1C(N)C1Cc2ccccc21. The van der Waals surface area contributed by atoms with Gasteiger partial charge in [-0.1, -0.05) is 42.5 Å². The van der Waals surface area contributed by atoms with E-state index in [4.69, 9.17) is 10.5 Å². The third-order valence-electron chi connectivity index (χ3n) is 3.83. The molecule has 0 saturated carbocycles. The van der Waals surface area contributed by atoms with Gasteiger partial charge in [-0.2, -0.15) is 0 Å². The summed E-state index contributed by atoms with van der Waals surface area (Å²) < 4.78 is 5.39. The highest BCUT2D eigenvalue weighted by Gasteiger charge is 2.32. The van der Waals surface area contributed by atoms with Crippen molar-refractivity contribution in [3.05, 3.63) is 65.2 Å². The molecule has 0 radical (unpaired) electrons. The molecule has 18 heavy (non-hydrogen) atoms. The maximum absolute atomic E-state index is 6.41. The maximum Gasteiger partial charge on any atom is 0.123 e. The van der Waals surface area contributed by atoms with E-state index >= 15 is 0 Å². The van der Waals surface area contributed by atoms with Gasteiger partial charge in [0.15, 0.2) is 0 Å². The van der Waals surface area contributed by atoms with Crippen LogP contribution in [-0.2, 0) is 6.42 Å². The number of hydrogen-bond acceptors (Lipinski definition) is 2. The summed E-state index contributed by atoms with van der Waals surface area (Å²) in [4.78, 5) is 0. The highest BCUT2D eigenvalue weighted by molar-refractivity contribution is 5.45. The van der Waals surface area contributed by atoms with Crippen molar-refractivity contribution in [1.29, 1.82) is 0 Å². The van der Waals surface area contributed by atoms with E-state index < -0.39 is 0 Å². The Morgan fingerprint density at radius 2 is 1.83 bits per heavy atom. The van der Waals surface area contributed by atoms with E-state index in [0.717, 1.165) is 17.7 Å². The summed E-state index contributed by atoms with van der Waals surface area (Å²) in [5, 5.41) is 0. The summed E-state index contributed by atoms with van der Waals surface area (Å²) in [7, 11) is 1.69. The van der Waals surface area contributed by atoms with Gasteiger partial charge < -0.3 is 10.5 Å². The maximum atomic E-state index is 6.41. The molecule has 2 nitrogen and oxygen atoms in total. The van der Waals surface area contributed by atoms with Gasteiger partial charge in [-0.05, 0) is 23.6 Å². The van der Waals surface area contributed by atoms with Gasteiger partial charge >= 0.3 is 0 Å². The molecule has 2 aromatic carbocycles. The van der Waals surface area contributed by atoms with Crippen molar-refractivity contribution in [3.63, 3.8) is 0 Å². The van der Waals surface area contributed by atoms with Crippen LogP contribution in [0.1, 0.15) is 28.7 Å². The van der Waals surface area contributed by atoms with Crippen molar-refractivity contribution in [3.8, 4) is 5.75 Å². The van der Waals surface area contributed by atoms with Crippen molar-refractivity contribution in [1.82, 2.24) is 0 Å². The van der Waals surface area contributed by atoms with Gasteiger partial charge in [-0.3, -0.25) is 0 Å². The van der Waals surface area contributed by atoms with Crippen LogP contribution in [0.3, 0.4) is 0 Å². The van der Waals surface area contributed by atoms with Gasteiger partial charge in [0.05, 0.1) is 7.11 Å². The quantitative estimate of drug-likeness (QED) is 0.893. The van der Waals surface area contributed by atoms with Gasteiger partial charge in [0.1, 0.15) is 5.75 Å². The molecule has 2 unspecified atom stereocenters. The normalized spacial score (nSPS) is 18.7. The fourth-order valence-corrected chi connectivity index (χ4v) is 2.78. The number of methoxy groups -OCH3 is 1. The Morgan fingerprint density at radius 1 is 1.11 bits per heavy atom. The van der Waals surface area contributed by atoms with E-state index in [9.17, 15) is 0 Å². The largest absolute Gasteiger partial charge is 0.496 e. The van der Waals surface area contributed by atoms with Crippen molar-refractivity contribution in [2.45, 2.75) is 18.4 Å². The summed E-state index contributed by atoms with van der Waals surface area (Å²) in [6.45, 7) is 0. The van der Waals surface area contributed by atoms with Gasteiger partial charge in [-0.15, -0.1) is 0 Å². The molecule has 1 aliphatic carbocycles. The first-order valence-electron chi connectivity index (χ1n) is 6.27. The zero-order valence-corrected chi connectivity index (χ0v) is 10.5. The molecule has 2 aromatic rings. The smallest absolute Gasteiger partial charge is 0.123 e. The molecule has 0 saturated heterocycles. The molecule has 92 valence electrons. The first-order chi connectivity index (χ1) is 8.81. The topological polar surface area (TPSA) is 35.2 Å². The van der Waals surface area contributed by atoms with Gasteiger partial charge in [0.25, 0.3) is 0 Å². The molecule has 0 aliphatic heterocycles. The summed E-state index contributed by atoms with van der Waals surface area (Å²) in [6, 6.07) is 16.6. The number of ether oxygens (including phenoxy) is 1. The summed E-state index contributed by atoms with van der Waals surface area (Å²) in [5.74, 6) is 1.30. The third kappa shape index (κ3) is 1.70. The standard InChI is InChI=1S/C16H17NO/c1-18-15-9-5-4-8-13(15)16(17)14-10-11-6-2-3-7-12(11)14/h2-9,14,16H,10,17H2,1H3. The predicted molar refractivity (Wildman–Crippen MR) is 72.8 cm³/mol. The van der Waals surface area contributed by atoms with Crippen LogP contribution in [0.25, 0.3) is 0 Å². The fraction of sp³-hybridized carbons (Fsp3) is 0.250. The van der Waals surface area contributed by atoms with Crippen molar-refractivity contribution in [2.75, 3.05) is 7.11 Å². The number of fused-ring (bicyclic) bond motifs is 1. The average molecular weight is 239 g/mol. The van der Waals surface area contributed by atoms with E-state index in [-0.39, 0.29) is 6.04 Å². The Kier molecular flexibility index (Phi) is 2.80. The van der Waals surface area contributed by atoms with Gasteiger partial charge in [0.2, 0.25) is 0 Å². The minimum Gasteiger partial charge on any atom is -0.496 e. The number of para-hydroxylation sites is 1. The Hall–Kier alpha value is -1.80. The number of benzene rings is 2. The lowest BCUT2D eigenvalue weighted by molar-refractivity contribution is 0.396. The van der Waals surface area contributed by atoms with E-state index in [2.05, 4.69) is 30.3 Å². The van der Waals surface area contributed by atoms with Crippen molar-refractivity contribution >= 4 is 0 Å². The third-order valence-corrected chi connectivity index (χ3v) is 3.83. The fourth-order valence-electron chi connectivity index (χ4n) is 2.78. The Morgan fingerprint density at radius 3 is 2.61 bits per heavy atom. The highest BCUT2D eigenvalue weighted by Crippen LogP contribution is 2.43. The van der Waals surface area contributed by atoms with E-state index in [1.807, 2.05) is 18.2 Å². The minimum absolute atomic E-state index is 0.0102. The molecule has 0 fully saturated rings. The molecule has 0 amide bonds.